The number of imidazole rings is 1. The summed E-state index contributed by atoms with van der Waals surface area (Å²) in [5.74, 6) is 2.21. The number of unbranched alkanes of at least 4 members (excludes halogenated alkanes) is 1. The zero-order valence-corrected chi connectivity index (χ0v) is 16.0. The van der Waals surface area contributed by atoms with Gasteiger partial charge in [-0.25, -0.2) is 4.98 Å². The van der Waals surface area contributed by atoms with Crippen molar-refractivity contribution in [1.29, 1.82) is 0 Å². The number of nitrogens with one attached hydrogen (secondary N) is 1. The predicted molar refractivity (Wildman–Crippen MR) is 103 cm³/mol. The van der Waals surface area contributed by atoms with Crippen molar-refractivity contribution in [2.75, 3.05) is 39.3 Å². The first-order chi connectivity index (χ1) is 12.3. The van der Waals surface area contributed by atoms with Crippen LogP contribution in [0.3, 0.4) is 0 Å². The fourth-order valence-corrected chi connectivity index (χ4v) is 3.98. The minimum absolute atomic E-state index is 0.732. The summed E-state index contributed by atoms with van der Waals surface area (Å²) >= 11 is 0. The van der Waals surface area contributed by atoms with Gasteiger partial charge < -0.3 is 14.8 Å². The van der Waals surface area contributed by atoms with Crippen LogP contribution in [0.1, 0.15) is 44.9 Å². The molecule has 1 N–H and O–H groups in total. The molecule has 1 aromatic heterocycles. The molecule has 0 saturated carbocycles. The normalized spacial score (nSPS) is 22.1. The Morgan fingerprint density at radius 1 is 1.28 bits per heavy atom. The summed E-state index contributed by atoms with van der Waals surface area (Å²) in [6.45, 7) is 12.0. The van der Waals surface area contributed by atoms with Gasteiger partial charge in [-0.2, -0.15) is 0 Å². The molecule has 1 atom stereocenters. The van der Waals surface area contributed by atoms with Gasteiger partial charge >= 0.3 is 0 Å². The number of nitrogens with zero attached hydrogens (tertiary/aromatic N) is 5. The molecule has 3 rings (SSSR count). The van der Waals surface area contributed by atoms with E-state index in [4.69, 9.17) is 4.99 Å². The molecule has 6 nitrogen and oxygen atoms in total. The number of guanidine groups is 1. The smallest absolute Gasteiger partial charge is 0.193 e. The highest BCUT2D eigenvalue weighted by Gasteiger charge is 2.30. The molecule has 0 amide bonds. The Morgan fingerprint density at radius 2 is 2.12 bits per heavy atom. The van der Waals surface area contributed by atoms with E-state index in [1.807, 2.05) is 6.20 Å². The largest absolute Gasteiger partial charge is 0.357 e. The SMILES string of the molecule is CCNC(=NCCCCn1ccnc1C)N1CCC(N2CCCC2)C1. The van der Waals surface area contributed by atoms with Gasteiger partial charge in [0.15, 0.2) is 5.96 Å². The molecule has 2 aliphatic heterocycles. The maximum atomic E-state index is 4.89. The Morgan fingerprint density at radius 3 is 2.84 bits per heavy atom. The van der Waals surface area contributed by atoms with Crippen molar-refractivity contribution in [3.05, 3.63) is 18.2 Å². The van der Waals surface area contributed by atoms with E-state index in [0.717, 1.165) is 63.4 Å². The third-order valence-corrected chi connectivity index (χ3v) is 5.45. The van der Waals surface area contributed by atoms with Gasteiger partial charge in [-0.3, -0.25) is 9.89 Å². The van der Waals surface area contributed by atoms with Gasteiger partial charge in [-0.15, -0.1) is 0 Å². The maximum absolute atomic E-state index is 4.89. The molecule has 0 radical (unpaired) electrons. The van der Waals surface area contributed by atoms with Crippen molar-refractivity contribution in [3.63, 3.8) is 0 Å². The molecule has 6 heteroatoms. The van der Waals surface area contributed by atoms with Crippen LogP contribution in [0.25, 0.3) is 0 Å². The third-order valence-electron chi connectivity index (χ3n) is 5.45. The van der Waals surface area contributed by atoms with Gasteiger partial charge in [0.05, 0.1) is 0 Å². The lowest BCUT2D eigenvalue weighted by atomic mass is 10.2. The maximum Gasteiger partial charge on any atom is 0.193 e. The molecule has 140 valence electrons. The monoisotopic (exact) mass is 346 g/mol. The highest BCUT2D eigenvalue weighted by molar-refractivity contribution is 5.80. The number of aryl methyl sites for hydroxylation is 2. The standard InChI is InChI=1S/C19H34N6/c1-3-20-19(22-9-4-5-11-23-15-10-21-17(23)2)25-14-8-18(16-25)24-12-6-7-13-24/h10,15,18H,3-9,11-14,16H2,1-2H3,(H,20,22). The number of aromatic nitrogens is 2. The van der Waals surface area contributed by atoms with E-state index in [1.54, 1.807) is 0 Å². The molecule has 0 spiro atoms. The van der Waals surface area contributed by atoms with Gasteiger partial charge in [-0.05, 0) is 59.0 Å². The first-order valence-corrected chi connectivity index (χ1v) is 10.0. The number of aliphatic imine (C=N–C) groups is 1. The first-order valence-electron chi connectivity index (χ1n) is 10.0. The molecule has 1 unspecified atom stereocenters. The second-order valence-electron chi connectivity index (χ2n) is 7.24. The molecule has 1 aromatic rings. The summed E-state index contributed by atoms with van der Waals surface area (Å²) in [6.07, 6.45) is 10.2. The van der Waals surface area contributed by atoms with Crippen molar-refractivity contribution < 1.29 is 0 Å². The molecular formula is C19H34N6. The molecule has 2 saturated heterocycles. The van der Waals surface area contributed by atoms with Crippen LogP contribution in [0.2, 0.25) is 0 Å². The Labute approximate surface area is 152 Å². The lowest BCUT2D eigenvalue weighted by Crippen LogP contribution is -2.42. The fourth-order valence-electron chi connectivity index (χ4n) is 3.98. The van der Waals surface area contributed by atoms with E-state index >= 15 is 0 Å². The molecular weight excluding hydrogens is 312 g/mol. The third kappa shape index (κ3) is 4.97. The van der Waals surface area contributed by atoms with Gasteiger partial charge in [0, 0.05) is 51.2 Å². The van der Waals surface area contributed by atoms with Gasteiger partial charge in [0.25, 0.3) is 0 Å². The van der Waals surface area contributed by atoms with Crippen LogP contribution in [0.5, 0.6) is 0 Å². The summed E-state index contributed by atoms with van der Waals surface area (Å²) in [4.78, 5) is 14.3. The molecule has 0 aromatic carbocycles. The Balaban J connectivity index is 1.43. The molecule has 0 aliphatic carbocycles. The van der Waals surface area contributed by atoms with Crippen LogP contribution in [-0.4, -0.2) is 70.6 Å². The van der Waals surface area contributed by atoms with Crippen LogP contribution >= 0.6 is 0 Å². The topological polar surface area (TPSA) is 48.7 Å². The lowest BCUT2D eigenvalue weighted by Gasteiger charge is -2.25. The molecule has 2 aliphatic rings. The summed E-state index contributed by atoms with van der Waals surface area (Å²) < 4.78 is 2.22. The van der Waals surface area contributed by atoms with Crippen LogP contribution in [0.4, 0.5) is 0 Å². The van der Waals surface area contributed by atoms with E-state index in [2.05, 4.69) is 44.7 Å². The summed E-state index contributed by atoms with van der Waals surface area (Å²) in [5, 5.41) is 3.49. The summed E-state index contributed by atoms with van der Waals surface area (Å²) in [7, 11) is 0. The van der Waals surface area contributed by atoms with E-state index in [0.29, 0.717) is 0 Å². The molecule has 25 heavy (non-hydrogen) atoms. The minimum Gasteiger partial charge on any atom is -0.357 e. The number of likely N-dealkylation sites (tertiary alicyclic amines) is 2. The van der Waals surface area contributed by atoms with Crippen LogP contribution in [-0.2, 0) is 6.54 Å². The van der Waals surface area contributed by atoms with Gasteiger partial charge in [0.2, 0.25) is 0 Å². The van der Waals surface area contributed by atoms with Crippen molar-refractivity contribution >= 4 is 5.96 Å². The van der Waals surface area contributed by atoms with Crippen molar-refractivity contribution in [2.24, 2.45) is 4.99 Å². The van der Waals surface area contributed by atoms with E-state index in [1.165, 1.54) is 32.4 Å². The second kappa shape index (κ2) is 9.22. The van der Waals surface area contributed by atoms with E-state index in [9.17, 15) is 0 Å². The average Bonchev–Trinajstić information content (AvgIpc) is 3.35. The average molecular weight is 347 g/mol. The quantitative estimate of drug-likeness (QED) is 0.467. The fraction of sp³-hybridized carbons (Fsp3) is 0.789. The molecule has 3 heterocycles. The van der Waals surface area contributed by atoms with Gasteiger partial charge in [-0.1, -0.05) is 0 Å². The van der Waals surface area contributed by atoms with Crippen LogP contribution in [0.15, 0.2) is 17.4 Å². The highest BCUT2D eigenvalue weighted by Crippen LogP contribution is 2.20. The van der Waals surface area contributed by atoms with E-state index < -0.39 is 0 Å². The summed E-state index contributed by atoms with van der Waals surface area (Å²) in [5.41, 5.74) is 0. The van der Waals surface area contributed by atoms with Crippen LogP contribution in [0, 0.1) is 6.92 Å². The predicted octanol–water partition coefficient (Wildman–Crippen LogP) is 2.11. The molecule has 2 fully saturated rings. The van der Waals surface area contributed by atoms with Crippen LogP contribution < -0.4 is 5.32 Å². The zero-order chi connectivity index (χ0) is 17.5. The Kier molecular flexibility index (Phi) is 6.73. The summed E-state index contributed by atoms with van der Waals surface area (Å²) in [6, 6.07) is 0.732. The van der Waals surface area contributed by atoms with Crippen molar-refractivity contribution in [3.8, 4) is 0 Å². The van der Waals surface area contributed by atoms with Crippen molar-refractivity contribution in [1.82, 2.24) is 24.7 Å². The number of rotatable bonds is 7. The molecule has 0 bridgehead atoms. The van der Waals surface area contributed by atoms with E-state index in [-0.39, 0.29) is 0 Å². The second-order valence-corrected chi connectivity index (χ2v) is 7.24. The Bertz CT molecular complexity index is 546. The van der Waals surface area contributed by atoms with Crippen molar-refractivity contribution in [2.45, 2.75) is 58.5 Å². The highest BCUT2D eigenvalue weighted by atomic mass is 15.3. The number of hydrogen-bond acceptors (Lipinski definition) is 3. The lowest BCUT2D eigenvalue weighted by molar-refractivity contribution is 0.249. The first kappa shape index (κ1) is 18.2. The minimum atomic E-state index is 0.732. The number of hydrogen-bond donors (Lipinski definition) is 1. The zero-order valence-electron chi connectivity index (χ0n) is 16.0. The van der Waals surface area contributed by atoms with Gasteiger partial charge in [0.1, 0.15) is 5.82 Å². The Hall–Kier alpha value is -1.56.